The molecule has 0 aliphatic carbocycles. The van der Waals surface area contributed by atoms with E-state index in [-0.39, 0.29) is 0 Å². The molecule has 0 fully saturated rings. The van der Waals surface area contributed by atoms with Gasteiger partial charge in [-0.3, -0.25) is 0 Å². The van der Waals surface area contributed by atoms with Gasteiger partial charge in [0, 0.05) is 5.88 Å². The van der Waals surface area contributed by atoms with E-state index in [0.717, 1.165) is 12.3 Å². The third-order valence-electron chi connectivity index (χ3n) is 1.71. The number of rotatable bonds is 6. The van der Waals surface area contributed by atoms with E-state index in [9.17, 15) is 0 Å². The van der Waals surface area contributed by atoms with Crippen molar-refractivity contribution in [2.75, 3.05) is 5.88 Å². The van der Waals surface area contributed by atoms with Crippen molar-refractivity contribution >= 4 is 11.6 Å². The fraction of sp³-hybridized carbons (Fsp3) is 0.800. The van der Waals surface area contributed by atoms with E-state index >= 15 is 0 Å². The predicted octanol–water partition coefficient (Wildman–Crippen LogP) is 4.14. The molecule has 0 unspecified atom stereocenters. The number of alkyl halides is 1. The van der Waals surface area contributed by atoms with Crippen LogP contribution in [0.15, 0.2) is 11.6 Å². The monoisotopic (exact) mass is 174 g/mol. The van der Waals surface area contributed by atoms with E-state index < -0.39 is 0 Å². The molecule has 0 N–H and O–H groups in total. The van der Waals surface area contributed by atoms with Crippen LogP contribution in [0.25, 0.3) is 0 Å². The fourth-order valence-corrected chi connectivity index (χ4v) is 1.36. The Bertz CT molecular complexity index is 97.4. The van der Waals surface area contributed by atoms with Crippen molar-refractivity contribution in [3.8, 4) is 0 Å². The van der Waals surface area contributed by atoms with Gasteiger partial charge in [-0.1, -0.05) is 38.3 Å². The Kier molecular flexibility index (Phi) is 8.15. The summed E-state index contributed by atoms with van der Waals surface area (Å²) in [7, 11) is 0. The smallest absolute Gasteiger partial charge is 0.0260 e. The summed E-state index contributed by atoms with van der Waals surface area (Å²) in [5, 5.41) is 0. The number of halogens is 1. The highest BCUT2D eigenvalue weighted by Gasteiger charge is 1.93. The van der Waals surface area contributed by atoms with Gasteiger partial charge in [0.05, 0.1) is 0 Å². The van der Waals surface area contributed by atoms with Crippen molar-refractivity contribution in [2.24, 2.45) is 0 Å². The Morgan fingerprint density at radius 1 is 1.18 bits per heavy atom. The first kappa shape index (κ1) is 11.0. The highest BCUT2D eigenvalue weighted by Crippen LogP contribution is 2.12. The molecule has 0 aliphatic heterocycles. The zero-order valence-corrected chi connectivity index (χ0v) is 8.45. The molecule has 0 amide bonds. The lowest BCUT2D eigenvalue weighted by molar-refractivity contribution is 0.837. The first-order valence-corrected chi connectivity index (χ1v) is 5.12. The van der Waals surface area contributed by atoms with Crippen molar-refractivity contribution in [1.29, 1.82) is 0 Å². The number of hydrogen-bond donors (Lipinski definition) is 0. The molecule has 0 radical (unpaired) electrons. The maximum absolute atomic E-state index is 5.67. The van der Waals surface area contributed by atoms with Crippen LogP contribution >= 0.6 is 11.6 Å². The average Bonchev–Trinajstić information content (AvgIpc) is 2.01. The molecule has 0 aromatic heterocycles. The van der Waals surface area contributed by atoms with Crippen molar-refractivity contribution in [2.45, 2.75) is 46.0 Å². The summed E-state index contributed by atoms with van der Waals surface area (Å²) in [6.07, 6.45) is 8.36. The molecule has 0 atom stereocenters. The van der Waals surface area contributed by atoms with Gasteiger partial charge in [0.15, 0.2) is 0 Å². The average molecular weight is 175 g/mol. The van der Waals surface area contributed by atoms with Gasteiger partial charge < -0.3 is 0 Å². The summed E-state index contributed by atoms with van der Waals surface area (Å²) in [6.45, 7) is 4.43. The molecule has 0 heterocycles. The van der Waals surface area contributed by atoms with Crippen molar-refractivity contribution < 1.29 is 0 Å². The molecule has 0 nitrogen and oxygen atoms in total. The zero-order chi connectivity index (χ0) is 8.53. The molecule has 1 heteroatoms. The molecule has 0 rings (SSSR count). The van der Waals surface area contributed by atoms with Crippen LogP contribution in [0.5, 0.6) is 0 Å². The van der Waals surface area contributed by atoms with Crippen molar-refractivity contribution in [3.05, 3.63) is 11.6 Å². The van der Waals surface area contributed by atoms with Gasteiger partial charge in [-0.05, 0) is 19.3 Å². The molecule has 0 spiro atoms. The van der Waals surface area contributed by atoms with Crippen LogP contribution in [-0.2, 0) is 0 Å². The quantitative estimate of drug-likeness (QED) is 0.420. The maximum Gasteiger partial charge on any atom is 0.0260 e. The number of allylic oxidation sites excluding steroid dienone is 2. The molecule has 0 aromatic rings. The van der Waals surface area contributed by atoms with Crippen LogP contribution in [0, 0.1) is 0 Å². The third kappa shape index (κ3) is 6.43. The van der Waals surface area contributed by atoms with Crippen LogP contribution in [0.1, 0.15) is 46.0 Å². The molecule has 0 aliphatic rings. The van der Waals surface area contributed by atoms with Crippen LogP contribution in [0.2, 0.25) is 0 Å². The van der Waals surface area contributed by atoms with E-state index in [0.29, 0.717) is 0 Å². The standard InChI is InChI=1S/C10H19Cl/c1-3-5-7-10(6-4-2)8-9-11/h7H,3-6,8-9H2,1-2H3/b10-7+. The van der Waals surface area contributed by atoms with Crippen LogP contribution in [0.4, 0.5) is 0 Å². The second-order valence-corrected chi connectivity index (χ2v) is 3.22. The zero-order valence-electron chi connectivity index (χ0n) is 7.70. The van der Waals surface area contributed by atoms with Crippen LogP contribution in [-0.4, -0.2) is 5.88 Å². The maximum atomic E-state index is 5.67. The summed E-state index contributed by atoms with van der Waals surface area (Å²) in [4.78, 5) is 0. The Morgan fingerprint density at radius 3 is 2.36 bits per heavy atom. The first-order valence-electron chi connectivity index (χ1n) is 4.59. The minimum absolute atomic E-state index is 0.773. The van der Waals surface area contributed by atoms with E-state index in [4.69, 9.17) is 11.6 Å². The summed E-state index contributed by atoms with van der Waals surface area (Å²) in [5.41, 5.74) is 1.55. The number of unbranched alkanes of at least 4 members (excludes halogenated alkanes) is 1. The van der Waals surface area contributed by atoms with E-state index in [1.165, 1.54) is 25.7 Å². The molecule has 0 aromatic carbocycles. The number of hydrogen-bond acceptors (Lipinski definition) is 0. The van der Waals surface area contributed by atoms with Gasteiger partial charge in [-0.15, -0.1) is 11.6 Å². The first-order chi connectivity index (χ1) is 5.35. The van der Waals surface area contributed by atoms with E-state index in [1.807, 2.05) is 0 Å². The molecule has 66 valence electrons. The van der Waals surface area contributed by atoms with Crippen LogP contribution in [0.3, 0.4) is 0 Å². The van der Waals surface area contributed by atoms with Gasteiger partial charge in [-0.25, -0.2) is 0 Å². The predicted molar refractivity (Wildman–Crippen MR) is 53.2 cm³/mol. The molecule has 0 saturated carbocycles. The summed E-state index contributed by atoms with van der Waals surface area (Å²) in [6, 6.07) is 0. The molecule has 0 bridgehead atoms. The Labute approximate surface area is 75.6 Å². The fourth-order valence-electron chi connectivity index (χ4n) is 1.12. The molecule has 11 heavy (non-hydrogen) atoms. The van der Waals surface area contributed by atoms with Gasteiger partial charge in [0.25, 0.3) is 0 Å². The molecular weight excluding hydrogens is 156 g/mol. The minimum Gasteiger partial charge on any atom is -0.126 e. The summed E-state index contributed by atoms with van der Waals surface area (Å²) < 4.78 is 0. The second-order valence-electron chi connectivity index (χ2n) is 2.84. The highest BCUT2D eigenvalue weighted by molar-refractivity contribution is 6.17. The van der Waals surface area contributed by atoms with Crippen LogP contribution < -0.4 is 0 Å². The Balaban J connectivity index is 3.66. The lowest BCUT2D eigenvalue weighted by atomic mass is 10.1. The highest BCUT2D eigenvalue weighted by atomic mass is 35.5. The second kappa shape index (κ2) is 8.13. The Hall–Kier alpha value is 0.0300. The van der Waals surface area contributed by atoms with Gasteiger partial charge >= 0.3 is 0 Å². The SMILES string of the molecule is CCC/C=C(\CCC)CCCl. The van der Waals surface area contributed by atoms with E-state index in [1.54, 1.807) is 5.57 Å². The van der Waals surface area contributed by atoms with Crippen molar-refractivity contribution in [3.63, 3.8) is 0 Å². The van der Waals surface area contributed by atoms with Crippen molar-refractivity contribution in [1.82, 2.24) is 0 Å². The molecule has 0 saturated heterocycles. The minimum atomic E-state index is 0.773. The Morgan fingerprint density at radius 2 is 1.91 bits per heavy atom. The van der Waals surface area contributed by atoms with Gasteiger partial charge in [0.2, 0.25) is 0 Å². The largest absolute Gasteiger partial charge is 0.126 e. The van der Waals surface area contributed by atoms with Gasteiger partial charge in [-0.2, -0.15) is 0 Å². The van der Waals surface area contributed by atoms with E-state index in [2.05, 4.69) is 19.9 Å². The summed E-state index contributed by atoms with van der Waals surface area (Å²) >= 11 is 5.67. The molecular formula is C10H19Cl. The normalized spacial score (nSPS) is 12.1. The topological polar surface area (TPSA) is 0 Å². The lowest BCUT2D eigenvalue weighted by Gasteiger charge is -2.02. The lowest BCUT2D eigenvalue weighted by Crippen LogP contribution is -1.85. The van der Waals surface area contributed by atoms with Gasteiger partial charge in [0.1, 0.15) is 0 Å². The summed E-state index contributed by atoms with van der Waals surface area (Å²) in [5.74, 6) is 0.773. The third-order valence-corrected chi connectivity index (χ3v) is 1.90.